The van der Waals surface area contributed by atoms with Crippen molar-refractivity contribution >= 4 is 28.8 Å². The molecule has 0 saturated carbocycles. The van der Waals surface area contributed by atoms with Crippen LogP contribution < -0.4 is 14.4 Å². The quantitative estimate of drug-likeness (QED) is 0.283. The first-order chi connectivity index (χ1) is 15.6. The molecule has 0 aliphatic rings. The topological polar surface area (TPSA) is 34.1 Å². The zero-order valence-electron chi connectivity index (χ0n) is 19.4. The summed E-state index contributed by atoms with van der Waals surface area (Å²) in [5.74, 6) is 1.66. The van der Waals surface area contributed by atoms with Crippen molar-refractivity contribution in [3.8, 4) is 11.5 Å². The van der Waals surface area contributed by atoms with Crippen LogP contribution in [0.4, 0.5) is 17.1 Å². The van der Waals surface area contributed by atoms with E-state index in [2.05, 4.69) is 72.3 Å². The molecule has 0 bridgehead atoms. The van der Waals surface area contributed by atoms with Crippen molar-refractivity contribution in [1.82, 2.24) is 0 Å². The molecule has 32 heavy (non-hydrogen) atoms. The summed E-state index contributed by atoms with van der Waals surface area (Å²) in [6.07, 6.45) is 7.84. The van der Waals surface area contributed by atoms with Crippen molar-refractivity contribution in [2.24, 2.45) is 4.99 Å². The number of hydrogen-bond donors (Lipinski definition) is 0. The maximum atomic E-state index is 5.35. The fourth-order valence-electron chi connectivity index (χ4n) is 3.51. The minimum atomic E-state index is 0.828. The second kappa shape index (κ2) is 11.0. The molecular formula is C28H30N2O2. The molecule has 164 valence electrons. The number of rotatable bonds is 8. The third-order valence-electron chi connectivity index (χ3n) is 5.26. The van der Waals surface area contributed by atoms with Crippen molar-refractivity contribution in [3.63, 3.8) is 0 Å². The lowest BCUT2D eigenvalue weighted by Crippen LogP contribution is -2.10. The highest BCUT2D eigenvalue weighted by molar-refractivity contribution is 5.81. The second-order valence-electron chi connectivity index (χ2n) is 7.37. The average molecular weight is 427 g/mol. The Morgan fingerprint density at radius 2 is 1.31 bits per heavy atom. The molecule has 0 aliphatic heterocycles. The molecule has 0 heterocycles. The molecular weight excluding hydrogens is 396 g/mol. The molecule has 3 aromatic rings. The van der Waals surface area contributed by atoms with Crippen LogP contribution in [-0.4, -0.2) is 27.5 Å². The molecule has 0 unspecified atom stereocenters. The maximum absolute atomic E-state index is 5.35. The number of methoxy groups -OCH3 is 2. The van der Waals surface area contributed by atoms with Gasteiger partial charge in [-0.2, -0.15) is 0 Å². The molecule has 0 radical (unpaired) electrons. The van der Waals surface area contributed by atoms with Gasteiger partial charge in [0.15, 0.2) is 0 Å². The van der Waals surface area contributed by atoms with Gasteiger partial charge in [-0.25, -0.2) is 0 Å². The normalized spacial score (nSPS) is 11.8. The van der Waals surface area contributed by atoms with Crippen molar-refractivity contribution in [2.45, 2.75) is 13.8 Å². The van der Waals surface area contributed by atoms with E-state index in [0.29, 0.717) is 0 Å². The van der Waals surface area contributed by atoms with Crippen LogP contribution in [0, 0.1) is 6.92 Å². The Bertz CT molecular complexity index is 1060. The van der Waals surface area contributed by atoms with Crippen molar-refractivity contribution in [1.29, 1.82) is 0 Å². The molecule has 4 nitrogen and oxygen atoms in total. The van der Waals surface area contributed by atoms with Crippen LogP contribution in [0.25, 0.3) is 5.57 Å². The van der Waals surface area contributed by atoms with E-state index in [1.807, 2.05) is 36.4 Å². The number of aryl methyl sites for hydroxylation is 1. The van der Waals surface area contributed by atoms with Gasteiger partial charge in [0.2, 0.25) is 0 Å². The Morgan fingerprint density at radius 1 is 0.781 bits per heavy atom. The summed E-state index contributed by atoms with van der Waals surface area (Å²) >= 11 is 0. The minimum Gasteiger partial charge on any atom is -0.497 e. The molecule has 0 aromatic heterocycles. The molecule has 0 aliphatic carbocycles. The first-order valence-electron chi connectivity index (χ1n) is 10.5. The van der Waals surface area contributed by atoms with Gasteiger partial charge in [-0.3, -0.25) is 4.99 Å². The van der Waals surface area contributed by atoms with E-state index in [1.165, 1.54) is 16.7 Å². The van der Waals surface area contributed by atoms with Crippen LogP contribution >= 0.6 is 0 Å². The van der Waals surface area contributed by atoms with Gasteiger partial charge < -0.3 is 14.4 Å². The highest BCUT2D eigenvalue weighted by atomic mass is 16.5. The van der Waals surface area contributed by atoms with Crippen LogP contribution in [0.5, 0.6) is 11.5 Å². The highest BCUT2D eigenvalue weighted by Crippen LogP contribution is 2.37. The second-order valence-corrected chi connectivity index (χ2v) is 7.37. The van der Waals surface area contributed by atoms with E-state index < -0.39 is 0 Å². The van der Waals surface area contributed by atoms with E-state index in [4.69, 9.17) is 9.47 Å². The fraction of sp³-hybridized carbons (Fsp3) is 0.179. The Labute approximate surface area is 191 Å². The molecule has 0 N–H and O–H groups in total. The third-order valence-corrected chi connectivity index (χ3v) is 5.26. The molecule has 3 rings (SSSR count). The lowest BCUT2D eigenvalue weighted by molar-refractivity contribution is 0.415. The smallest absolute Gasteiger partial charge is 0.119 e. The summed E-state index contributed by atoms with van der Waals surface area (Å²) in [5, 5.41) is 0. The van der Waals surface area contributed by atoms with Gasteiger partial charge in [-0.05, 0) is 97.3 Å². The van der Waals surface area contributed by atoms with Gasteiger partial charge >= 0.3 is 0 Å². The number of aliphatic imine (C=N–C) groups is 1. The summed E-state index contributed by atoms with van der Waals surface area (Å²) in [7, 11) is 5.12. The maximum Gasteiger partial charge on any atom is 0.119 e. The summed E-state index contributed by atoms with van der Waals surface area (Å²) < 4.78 is 10.7. The number of nitrogens with zero attached hydrogens (tertiary/aromatic N) is 2. The molecule has 0 amide bonds. The van der Waals surface area contributed by atoms with E-state index in [1.54, 1.807) is 27.5 Å². The standard InChI is InChI=1S/C28H30N2O2/c1-21(8-6-7-19-29-3)28-20-25(10-9-22(28)2)30(23-11-15-26(31-4)16-12-23)24-13-17-27(32-5)18-14-24/h6-20H,1-5H3/b7-6-,21-8+,29-19?. The van der Waals surface area contributed by atoms with E-state index >= 15 is 0 Å². The summed E-state index contributed by atoms with van der Waals surface area (Å²) in [6, 6.07) is 22.7. The van der Waals surface area contributed by atoms with E-state index in [9.17, 15) is 0 Å². The van der Waals surface area contributed by atoms with E-state index in [0.717, 1.165) is 28.6 Å². The van der Waals surface area contributed by atoms with Crippen LogP contribution in [0.1, 0.15) is 18.1 Å². The Morgan fingerprint density at radius 3 is 1.81 bits per heavy atom. The first-order valence-corrected chi connectivity index (χ1v) is 10.5. The first kappa shape index (κ1) is 22.9. The van der Waals surface area contributed by atoms with Crippen LogP contribution in [0.15, 0.2) is 90.0 Å². The zero-order chi connectivity index (χ0) is 22.9. The van der Waals surface area contributed by atoms with Gasteiger partial charge in [0, 0.05) is 30.3 Å². The minimum absolute atomic E-state index is 0.828. The highest BCUT2D eigenvalue weighted by Gasteiger charge is 2.14. The number of anilines is 3. The van der Waals surface area contributed by atoms with Gasteiger partial charge in [-0.1, -0.05) is 18.2 Å². The average Bonchev–Trinajstić information content (AvgIpc) is 2.83. The number of ether oxygens (including phenoxy) is 2. The molecule has 0 atom stereocenters. The molecule has 0 fully saturated rings. The monoisotopic (exact) mass is 426 g/mol. The zero-order valence-corrected chi connectivity index (χ0v) is 19.4. The van der Waals surface area contributed by atoms with Crippen LogP contribution in [0.3, 0.4) is 0 Å². The molecule has 0 saturated heterocycles. The Kier molecular flexibility index (Phi) is 7.87. The van der Waals surface area contributed by atoms with E-state index in [-0.39, 0.29) is 0 Å². The molecule has 3 aromatic carbocycles. The number of hydrogen-bond acceptors (Lipinski definition) is 4. The molecule has 0 spiro atoms. The van der Waals surface area contributed by atoms with Crippen molar-refractivity contribution in [2.75, 3.05) is 26.2 Å². The Balaban J connectivity index is 2.09. The lowest BCUT2D eigenvalue weighted by atomic mass is 9.99. The largest absolute Gasteiger partial charge is 0.497 e. The summed E-state index contributed by atoms with van der Waals surface area (Å²) in [4.78, 5) is 6.22. The predicted molar refractivity (Wildman–Crippen MR) is 136 cm³/mol. The third kappa shape index (κ3) is 5.46. The van der Waals surface area contributed by atoms with Crippen LogP contribution in [0.2, 0.25) is 0 Å². The molecule has 4 heteroatoms. The number of allylic oxidation sites excluding steroid dienone is 4. The van der Waals surface area contributed by atoms with Crippen LogP contribution in [-0.2, 0) is 0 Å². The van der Waals surface area contributed by atoms with Crippen molar-refractivity contribution in [3.05, 3.63) is 96.1 Å². The van der Waals surface area contributed by atoms with Crippen molar-refractivity contribution < 1.29 is 9.47 Å². The lowest BCUT2D eigenvalue weighted by Gasteiger charge is -2.27. The number of benzene rings is 3. The van der Waals surface area contributed by atoms with Gasteiger partial charge in [0.25, 0.3) is 0 Å². The fourth-order valence-corrected chi connectivity index (χ4v) is 3.51. The van der Waals surface area contributed by atoms with Gasteiger partial charge in [-0.15, -0.1) is 0 Å². The Hall–Kier alpha value is -3.79. The summed E-state index contributed by atoms with van der Waals surface area (Å²) in [5.41, 5.74) is 6.79. The van der Waals surface area contributed by atoms with Gasteiger partial charge in [0.1, 0.15) is 11.5 Å². The van der Waals surface area contributed by atoms with Gasteiger partial charge in [0.05, 0.1) is 14.2 Å². The predicted octanol–water partition coefficient (Wildman–Crippen LogP) is 7.14. The summed E-state index contributed by atoms with van der Waals surface area (Å²) in [6.45, 7) is 4.27. The SMILES string of the molecule is CN=C/C=C\C=C(/C)c1cc(N(c2ccc(OC)cc2)c2ccc(OC)cc2)ccc1C.